The molecule has 2 N–H and O–H groups in total. The van der Waals surface area contributed by atoms with Gasteiger partial charge in [-0.1, -0.05) is 12.1 Å². The van der Waals surface area contributed by atoms with Crippen molar-refractivity contribution in [1.29, 1.82) is 0 Å². The number of aryl methyl sites for hydroxylation is 1. The van der Waals surface area contributed by atoms with E-state index in [1.54, 1.807) is 27.2 Å². The van der Waals surface area contributed by atoms with Crippen LogP contribution in [-0.2, 0) is 9.53 Å². The van der Waals surface area contributed by atoms with Crippen molar-refractivity contribution in [3.63, 3.8) is 0 Å². The van der Waals surface area contributed by atoms with Crippen LogP contribution in [0.4, 0.5) is 10.6 Å². The molecular formula is C39H55N5O5. The zero-order valence-corrected chi connectivity index (χ0v) is 30.2. The van der Waals surface area contributed by atoms with Gasteiger partial charge in [-0.05, 0) is 139 Å². The average molecular weight is 674 g/mol. The van der Waals surface area contributed by atoms with Gasteiger partial charge < -0.3 is 19.9 Å². The summed E-state index contributed by atoms with van der Waals surface area (Å²) < 4.78 is 13.1. The summed E-state index contributed by atoms with van der Waals surface area (Å²) in [5, 5.41) is 17.2. The van der Waals surface area contributed by atoms with E-state index in [1.807, 2.05) is 34.1 Å². The summed E-state index contributed by atoms with van der Waals surface area (Å²) >= 11 is 0. The number of methoxy groups -OCH3 is 1. The van der Waals surface area contributed by atoms with E-state index in [9.17, 15) is 14.7 Å². The number of amides is 2. The Balaban J connectivity index is 1.26. The molecule has 266 valence electrons. The molecule has 2 amide bonds. The van der Waals surface area contributed by atoms with E-state index >= 15 is 0 Å². The molecule has 10 nitrogen and oxygen atoms in total. The van der Waals surface area contributed by atoms with E-state index in [4.69, 9.17) is 14.5 Å². The number of alkyl carbamates (subject to hydrolysis) is 1. The highest BCUT2D eigenvalue weighted by molar-refractivity contribution is 5.94. The van der Waals surface area contributed by atoms with Crippen LogP contribution in [0.5, 0.6) is 5.75 Å². The fourth-order valence-electron chi connectivity index (χ4n) is 7.22. The van der Waals surface area contributed by atoms with Crippen LogP contribution in [0, 0.1) is 18.8 Å². The van der Waals surface area contributed by atoms with E-state index in [0.29, 0.717) is 62.8 Å². The summed E-state index contributed by atoms with van der Waals surface area (Å²) in [6.07, 6.45) is 12.3. The first-order valence-electron chi connectivity index (χ1n) is 18.0. The molecule has 2 fully saturated rings. The number of aliphatic hydroxyl groups is 1. The lowest BCUT2D eigenvalue weighted by molar-refractivity contribution is -0.124. The molecule has 2 aliphatic rings. The summed E-state index contributed by atoms with van der Waals surface area (Å²) in [6, 6.07) is 10.8. The predicted molar refractivity (Wildman–Crippen MR) is 192 cm³/mol. The molecule has 10 heteroatoms. The molecule has 0 saturated heterocycles. The fourth-order valence-corrected chi connectivity index (χ4v) is 7.22. The quantitative estimate of drug-likeness (QED) is 0.203. The molecule has 0 radical (unpaired) electrons. The predicted octanol–water partition coefficient (Wildman–Crippen LogP) is 7.60. The molecule has 0 atom stereocenters. The maximum Gasteiger partial charge on any atom is 0.407 e. The molecule has 2 saturated carbocycles. The van der Waals surface area contributed by atoms with Crippen LogP contribution in [-0.4, -0.2) is 63.8 Å². The number of carbonyl (C=O) groups is 2. The number of pyridine rings is 1. The van der Waals surface area contributed by atoms with Crippen molar-refractivity contribution in [1.82, 2.24) is 20.1 Å². The second-order valence-corrected chi connectivity index (χ2v) is 15.0. The molecule has 5 rings (SSSR count). The van der Waals surface area contributed by atoms with E-state index in [1.165, 1.54) is 5.56 Å². The minimum absolute atomic E-state index is 0.100. The maximum atomic E-state index is 14.4. The van der Waals surface area contributed by atoms with Crippen LogP contribution in [0.15, 0.2) is 48.9 Å². The Hall–Kier alpha value is -3.92. The minimum Gasteiger partial charge on any atom is -0.496 e. The first-order chi connectivity index (χ1) is 23.4. The Kier molecular flexibility index (Phi) is 12.0. The third-order valence-electron chi connectivity index (χ3n) is 10.2. The van der Waals surface area contributed by atoms with Crippen molar-refractivity contribution in [2.45, 2.75) is 116 Å². The van der Waals surface area contributed by atoms with Crippen LogP contribution in [0.1, 0.15) is 109 Å². The van der Waals surface area contributed by atoms with Gasteiger partial charge in [-0.2, -0.15) is 5.10 Å². The molecule has 0 unspecified atom stereocenters. The standard InChI is InChI=1S/C39H55N5O5/c1-26(2)44-25-33(23-42-44)32-17-19-40-36(22-32)43(24-28-7-9-29(10-8-28)31-13-16-35(48-6)27(3)21-31)37(45)30-11-14-34(15-12-30)49-38(46)41-20-18-39(4,5)47/h13,16-17,19,21-23,25-26,28-30,34,47H,7-12,14-15,18,20,24H2,1-6H3,(H,41,46). The molecule has 2 heterocycles. The Labute approximate surface area is 291 Å². The van der Waals surface area contributed by atoms with Crippen molar-refractivity contribution in [2.24, 2.45) is 11.8 Å². The Morgan fingerprint density at radius 1 is 1.04 bits per heavy atom. The first kappa shape index (κ1) is 36.4. The van der Waals surface area contributed by atoms with Crippen LogP contribution in [0.25, 0.3) is 11.1 Å². The largest absolute Gasteiger partial charge is 0.496 e. The van der Waals surface area contributed by atoms with Gasteiger partial charge in [0.1, 0.15) is 17.7 Å². The molecule has 0 bridgehead atoms. The van der Waals surface area contributed by atoms with Gasteiger partial charge in [-0.25, -0.2) is 9.78 Å². The number of ether oxygens (including phenoxy) is 2. The smallest absolute Gasteiger partial charge is 0.407 e. The van der Waals surface area contributed by atoms with Crippen molar-refractivity contribution in [3.8, 4) is 16.9 Å². The van der Waals surface area contributed by atoms with Gasteiger partial charge in [0.2, 0.25) is 5.91 Å². The van der Waals surface area contributed by atoms with Gasteiger partial charge in [0.05, 0.1) is 18.9 Å². The number of carbonyl (C=O) groups excluding carboxylic acids is 2. The van der Waals surface area contributed by atoms with Gasteiger partial charge in [0.15, 0.2) is 0 Å². The topological polar surface area (TPSA) is 119 Å². The summed E-state index contributed by atoms with van der Waals surface area (Å²) in [6.45, 7) is 10.7. The third-order valence-corrected chi connectivity index (χ3v) is 10.2. The molecule has 1 aromatic carbocycles. The summed E-state index contributed by atoms with van der Waals surface area (Å²) in [5.41, 5.74) is 3.66. The number of benzene rings is 1. The number of aromatic nitrogens is 3. The number of rotatable bonds is 12. The number of anilines is 1. The Bertz CT molecular complexity index is 1550. The van der Waals surface area contributed by atoms with Crippen LogP contribution >= 0.6 is 0 Å². The number of nitrogens with one attached hydrogen (secondary N) is 1. The van der Waals surface area contributed by atoms with Gasteiger partial charge in [-0.3, -0.25) is 14.4 Å². The van der Waals surface area contributed by atoms with Crippen molar-refractivity contribution in [3.05, 3.63) is 60.0 Å². The second-order valence-electron chi connectivity index (χ2n) is 15.0. The SMILES string of the molecule is COc1ccc(C2CCC(CN(C(=O)C3CCC(OC(=O)NCCC(C)(C)O)CC3)c3cc(-c4cnn(C(C)C)c4)ccn3)CC2)cc1C. The van der Waals surface area contributed by atoms with Crippen LogP contribution in [0.3, 0.4) is 0 Å². The zero-order chi connectivity index (χ0) is 35.1. The van der Waals surface area contributed by atoms with Crippen LogP contribution < -0.4 is 15.0 Å². The number of hydrogen-bond acceptors (Lipinski definition) is 7. The molecule has 2 aromatic heterocycles. The maximum absolute atomic E-state index is 14.4. The van der Waals surface area contributed by atoms with Crippen molar-refractivity contribution >= 4 is 17.8 Å². The summed E-state index contributed by atoms with van der Waals surface area (Å²) in [5.74, 6) is 2.42. The molecule has 49 heavy (non-hydrogen) atoms. The van der Waals surface area contributed by atoms with E-state index < -0.39 is 11.7 Å². The van der Waals surface area contributed by atoms with E-state index in [2.05, 4.69) is 49.4 Å². The summed E-state index contributed by atoms with van der Waals surface area (Å²) in [7, 11) is 1.71. The molecule has 0 aliphatic heterocycles. The van der Waals surface area contributed by atoms with E-state index in [0.717, 1.165) is 48.1 Å². The first-order valence-corrected chi connectivity index (χ1v) is 18.0. The van der Waals surface area contributed by atoms with Crippen LogP contribution in [0.2, 0.25) is 0 Å². The lowest BCUT2D eigenvalue weighted by Gasteiger charge is -2.35. The highest BCUT2D eigenvalue weighted by Gasteiger charge is 2.34. The summed E-state index contributed by atoms with van der Waals surface area (Å²) in [4.78, 5) is 33.4. The average Bonchev–Trinajstić information content (AvgIpc) is 3.58. The third kappa shape index (κ3) is 9.84. The lowest BCUT2D eigenvalue weighted by atomic mass is 9.78. The normalized spacial score (nSPS) is 21.3. The Morgan fingerprint density at radius 2 is 1.78 bits per heavy atom. The van der Waals surface area contributed by atoms with Crippen molar-refractivity contribution < 1.29 is 24.2 Å². The second kappa shape index (κ2) is 16.2. The molecular weight excluding hydrogens is 618 g/mol. The number of nitrogens with zero attached hydrogens (tertiary/aromatic N) is 4. The van der Waals surface area contributed by atoms with Gasteiger partial charge >= 0.3 is 6.09 Å². The highest BCUT2D eigenvalue weighted by atomic mass is 16.6. The zero-order valence-electron chi connectivity index (χ0n) is 30.2. The Morgan fingerprint density at radius 3 is 2.41 bits per heavy atom. The minimum atomic E-state index is -0.850. The molecule has 0 spiro atoms. The van der Waals surface area contributed by atoms with Gasteiger partial charge in [0.25, 0.3) is 0 Å². The van der Waals surface area contributed by atoms with Gasteiger partial charge in [-0.15, -0.1) is 0 Å². The van der Waals surface area contributed by atoms with E-state index in [-0.39, 0.29) is 24.0 Å². The monoisotopic (exact) mass is 673 g/mol. The van der Waals surface area contributed by atoms with Crippen molar-refractivity contribution in [2.75, 3.05) is 25.1 Å². The highest BCUT2D eigenvalue weighted by Crippen LogP contribution is 2.39. The van der Waals surface area contributed by atoms with Gasteiger partial charge in [0, 0.05) is 43.0 Å². The molecule has 3 aromatic rings. The number of hydrogen-bond donors (Lipinski definition) is 2. The fraction of sp³-hybridized carbons (Fsp3) is 0.590. The lowest BCUT2D eigenvalue weighted by Crippen LogP contribution is -2.43. The molecule has 2 aliphatic carbocycles.